The van der Waals surface area contributed by atoms with E-state index >= 15 is 0 Å². The largest absolute Gasteiger partial charge is 0.379 e. The van der Waals surface area contributed by atoms with Crippen LogP contribution >= 0.6 is 23.1 Å². The molecule has 1 aromatic carbocycles. The van der Waals surface area contributed by atoms with Crippen molar-refractivity contribution in [3.8, 4) is 10.6 Å². The zero-order chi connectivity index (χ0) is 20.4. The van der Waals surface area contributed by atoms with Crippen molar-refractivity contribution in [2.45, 2.75) is 18.9 Å². The maximum atomic E-state index is 14.5. The number of carbonyl (C=O) groups excluding carboxylic acids is 1. The fraction of sp³-hybridized carbons (Fsp3) is 0.200. The first-order chi connectivity index (χ1) is 13.9. The van der Waals surface area contributed by atoms with Gasteiger partial charge in [0.1, 0.15) is 16.5 Å². The van der Waals surface area contributed by atoms with E-state index in [0.29, 0.717) is 33.5 Å². The summed E-state index contributed by atoms with van der Waals surface area (Å²) in [5.41, 5.74) is 7.13. The average molecular weight is 428 g/mol. The second kappa shape index (κ2) is 7.92. The van der Waals surface area contributed by atoms with E-state index in [0.717, 1.165) is 11.3 Å². The topological polar surface area (TPSA) is 93.3 Å². The number of hydrogen-bond donors (Lipinski definition) is 2. The van der Waals surface area contributed by atoms with E-state index in [1.165, 1.54) is 35.2 Å². The predicted octanol–water partition coefficient (Wildman–Crippen LogP) is 4.26. The molecule has 0 fully saturated rings. The summed E-state index contributed by atoms with van der Waals surface area (Å²) in [7, 11) is 0. The molecule has 1 aliphatic rings. The summed E-state index contributed by atoms with van der Waals surface area (Å²) in [6.07, 6.45) is 4.04. The summed E-state index contributed by atoms with van der Waals surface area (Å²) in [6.45, 7) is 1.85. The van der Waals surface area contributed by atoms with Crippen LogP contribution in [0.25, 0.3) is 10.6 Å². The number of hydrogen-bond acceptors (Lipinski definition) is 7. The van der Waals surface area contributed by atoms with Gasteiger partial charge in [0.15, 0.2) is 5.17 Å². The Bertz CT molecular complexity index is 1090. The van der Waals surface area contributed by atoms with E-state index in [4.69, 9.17) is 5.73 Å². The summed E-state index contributed by atoms with van der Waals surface area (Å²) < 4.78 is 14.5. The Morgan fingerprint density at radius 2 is 2.21 bits per heavy atom. The predicted molar refractivity (Wildman–Crippen MR) is 116 cm³/mol. The Morgan fingerprint density at radius 1 is 1.34 bits per heavy atom. The second-order valence-electron chi connectivity index (χ2n) is 6.75. The molecule has 29 heavy (non-hydrogen) atoms. The van der Waals surface area contributed by atoms with Crippen LogP contribution in [0.5, 0.6) is 0 Å². The molecule has 3 N–H and O–H groups in total. The zero-order valence-corrected chi connectivity index (χ0v) is 17.2. The van der Waals surface area contributed by atoms with Crippen LogP contribution in [0, 0.1) is 5.82 Å². The van der Waals surface area contributed by atoms with E-state index in [-0.39, 0.29) is 11.7 Å². The van der Waals surface area contributed by atoms with Crippen LogP contribution in [0.15, 0.2) is 53.1 Å². The monoisotopic (exact) mass is 427 g/mol. The number of thiazole rings is 1. The number of benzene rings is 1. The molecule has 3 heterocycles. The molecule has 0 bridgehead atoms. The summed E-state index contributed by atoms with van der Waals surface area (Å²) in [5.74, 6) is 0.0282. The maximum absolute atomic E-state index is 14.5. The summed E-state index contributed by atoms with van der Waals surface area (Å²) in [6, 6.07) is 8.19. The molecule has 0 aliphatic carbocycles. The average Bonchev–Trinajstić information content (AvgIpc) is 3.20. The van der Waals surface area contributed by atoms with Crippen molar-refractivity contribution in [2.24, 2.45) is 10.7 Å². The van der Waals surface area contributed by atoms with Gasteiger partial charge in [-0.05, 0) is 43.7 Å². The van der Waals surface area contributed by atoms with Crippen molar-refractivity contribution in [1.29, 1.82) is 0 Å². The molecule has 6 nitrogen and oxygen atoms in total. The number of carbonyl (C=O) groups is 1. The molecule has 2 aromatic heterocycles. The number of pyridine rings is 1. The molecular formula is C20H18FN5OS2. The number of amidine groups is 1. The van der Waals surface area contributed by atoms with Gasteiger partial charge in [-0.1, -0.05) is 11.8 Å². The van der Waals surface area contributed by atoms with Crippen LogP contribution in [0.2, 0.25) is 0 Å². The van der Waals surface area contributed by atoms with Gasteiger partial charge in [0.25, 0.3) is 5.91 Å². The van der Waals surface area contributed by atoms with Crippen LogP contribution in [-0.2, 0) is 5.54 Å². The van der Waals surface area contributed by atoms with Crippen LogP contribution < -0.4 is 11.1 Å². The number of rotatable bonds is 4. The standard InChI is InChI=1S/C20H18FN5OS2/c1-20(6-8-28-19(22)26-20)14-9-13(4-5-15(14)21)24-17(27)16-11-29-18(25-16)12-3-2-7-23-10-12/h2-5,7,9-11H,6,8H2,1H3,(H2,22,26)(H,24,27). The molecule has 0 saturated heterocycles. The van der Waals surface area contributed by atoms with Crippen molar-refractivity contribution in [3.05, 3.63) is 65.2 Å². The number of anilines is 1. The SMILES string of the molecule is CC1(c2cc(NC(=O)c3csc(-c4cccnc4)n3)ccc2F)CCSC(N)=N1. The third kappa shape index (κ3) is 4.15. The van der Waals surface area contributed by atoms with Crippen LogP contribution in [0.4, 0.5) is 10.1 Å². The maximum Gasteiger partial charge on any atom is 0.275 e. The van der Waals surface area contributed by atoms with Gasteiger partial charge in [-0.25, -0.2) is 9.37 Å². The fourth-order valence-corrected chi connectivity index (χ4v) is 4.86. The number of amides is 1. The second-order valence-corrected chi connectivity index (χ2v) is 8.72. The van der Waals surface area contributed by atoms with Crippen molar-refractivity contribution >= 4 is 39.9 Å². The highest BCUT2D eigenvalue weighted by Crippen LogP contribution is 2.37. The zero-order valence-electron chi connectivity index (χ0n) is 15.6. The van der Waals surface area contributed by atoms with E-state index in [9.17, 15) is 9.18 Å². The van der Waals surface area contributed by atoms with Gasteiger partial charge in [0.2, 0.25) is 0 Å². The number of nitrogens with zero attached hydrogens (tertiary/aromatic N) is 3. The number of aromatic nitrogens is 2. The molecule has 0 saturated carbocycles. The number of thioether (sulfide) groups is 1. The minimum atomic E-state index is -0.756. The van der Waals surface area contributed by atoms with E-state index in [1.807, 2.05) is 19.1 Å². The van der Waals surface area contributed by atoms with Gasteiger partial charge >= 0.3 is 0 Å². The van der Waals surface area contributed by atoms with Crippen molar-refractivity contribution in [3.63, 3.8) is 0 Å². The summed E-state index contributed by atoms with van der Waals surface area (Å²) in [5, 5.41) is 5.63. The lowest BCUT2D eigenvalue weighted by molar-refractivity contribution is 0.102. The summed E-state index contributed by atoms with van der Waals surface area (Å²) in [4.78, 5) is 25.5. The van der Waals surface area contributed by atoms with Gasteiger partial charge in [0, 0.05) is 40.3 Å². The molecule has 0 spiro atoms. The van der Waals surface area contributed by atoms with Gasteiger partial charge in [-0.15, -0.1) is 11.3 Å². The van der Waals surface area contributed by atoms with Gasteiger partial charge in [-0.2, -0.15) is 0 Å². The number of nitrogens with one attached hydrogen (secondary N) is 1. The van der Waals surface area contributed by atoms with Crippen LogP contribution in [0.3, 0.4) is 0 Å². The lowest BCUT2D eigenvalue weighted by Gasteiger charge is -2.30. The highest BCUT2D eigenvalue weighted by atomic mass is 32.2. The van der Waals surface area contributed by atoms with E-state index < -0.39 is 5.54 Å². The van der Waals surface area contributed by atoms with Gasteiger partial charge in [0.05, 0.1) is 5.54 Å². The molecule has 1 unspecified atom stereocenters. The first-order valence-electron chi connectivity index (χ1n) is 8.90. The molecule has 1 amide bonds. The first-order valence-corrected chi connectivity index (χ1v) is 10.8. The van der Waals surface area contributed by atoms with Crippen LogP contribution in [0.1, 0.15) is 29.4 Å². The van der Waals surface area contributed by atoms with E-state index in [2.05, 4.69) is 20.3 Å². The Balaban J connectivity index is 1.57. The molecular weight excluding hydrogens is 409 g/mol. The Morgan fingerprint density at radius 3 is 2.97 bits per heavy atom. The van der Waals surface area contributed by atoms with Crippen molar-refractivity contribution in [2.75, 3.05) is 11.1 Å². The van der Waals surface area contributed by atoms with Crippen molar-refractivity contribution < 1.29 is 9.18 Å². The Hall–Kier alpha value is -2.78. The van der Waals surface area contributed by atoms with Crippen molar-refractivity contribution in [1.82, 2.24) is 9.97 Å². The van der Waals surface area contributed by atoms with E-state index in [1.54, 1.807) is 23.8 Å². The highest BCUT2D eigenvalue weighted by molar-refractivity contribution is 8.13. The minimum absolute atomic E-state index is 0.294. The Labute approximate surface area is 175 Å². The lowest BCUT2D eigenvalue weighted by Crippen LogP contribution is -2.29. The molecule has 1 atom stereocenters. The Kier molecular flexibility index (Phi) is 5.33. The van der Waals surface area contributed by atoms with Gasteiger partial charge in [-0.3, -0.25) is 14.8 Å². The molecule has 9 heteroatoms. The molecule has 4 rings (SSSR count). The number of halogens is 1. The third-order valence-corrected chi connectivity index (χ3v) is 6.33. The molecule has 0 radical (unpaired) electrons. The number of nitrogens with two attached hydrogens (primary N) is 1. The highest BCUT2D eigenvalue weighted by Gasteiger charge is 2.32. The minimum Gasteiger partial charge on any atom is -0.379 e. The fourth-order valence-electron chi connectivity index (χ4n) is 3.09. The normalized spacial score (nSPS) is 18.9. The third-order valence-electron chi connectivity index (χ3n) is 4.65. The lowest BCUT2D eigenvalue weighted by atomic mass is 9.89. The van der Waals surface area contributed by atoms with Crippen LogP contribution in [-0.4, -0.2) is 26.8 Å². The molecule has 1 aliphatic heterocycles. The number of aliphatic imine (C=N–C) groups is 1. The smallest absolute Gasteiger partial charge is 0.275 e. The van der Waals surface area contributed by atoms with Gasteiger partial charge < -0.3 is 11.1 Å². The first kappa shape index (κ1) is 19.5. The molecule has 148 valence electrons. The molecule has 3 aromatic rings. The summed E-state index contributed by atoms with van der Waals surface area (Å²) >= 11 is 2.82. The quantitative estimate of drug-likeness (QED) is 0.649.